The predicted octanol–water partition coefficient (Wildman–Crippen LogP) is 1.30. The van der Waals surface area contributed by atoms with Crippen LogP contribution in [0.2, 0.25) is 0 Å². The summed E-state index contributed by atoms with van der Waals surface area (Å²) in [5.74, 6) is -1.03. The molecule has 0 radical (unpaired) electrons. The second-order valence-corrected chi connectivity index (χ2v) is 4.67. The predicted molar refractivity (Wildman–Crippen MR) is 62.2 cm³/mol. The molecule has 0 aliphatic rings. The summed E-state index contributed by atoms with van der Waals surface area (Å²) in [6, 6.07) is -0.305. The number of amides is 2. The van der Waals surface area contributed by atoms with Gasteiger partial charge in [0.15, 0.2) is 0 Å². The van der Waals surface area contributed by atoms with Crippen molar-refractivity contribution in [2.45, 2.75) is 27.7 Å². The van der Waals surface area contributed by atoms with Crippen molar-refractivity contribution in [2.75, 3.05) is 13.1 Å². The molecule has 94 valence electrons. The summed E-state index contributed by atoms with van der Waals surface area (Å²) in [7, 11) is 0. The van der Waals surface area contributed by atoms with Gasteiger partial charge in [-0.05, 0) is 11.8 Å². The van der Waals surface area contributed by atoms with Crippen LogP contribution in [0, 0.1) is 17.8 Å². The maximum Gasteiger partial charge on any atom is 0.314 e. The molecule has 0 bridgehead atoms. The third-order valence-electron chi connectivity index (χ3n) is 2.28. The molecule has 5 heteroatoms. The van der Waals surface area contributed by atoms with Gasteiger partial charge in [-0.25, -0.2) is 4.79 Å². The number of carbonyl (C=O) groups excluding carboxylic acids is 1. The molecular formula is C11H22N2O3. The second-order valence-electron chi connectivity index (χ2n) is 4.67. The lowest BCUT2D eigenvalue weighted by Gasteiger charge is -2.17. The van der Waals surface area contributed by atoms with E-state index >= 15 is 0 Å². The second kappa shape index (κ2) is 7.09. The number of carbonyl (C=O) groups is 2. The minimum Gasteiger partial charge on any atom is -0.481 e. The van der Waals surface area contributed by atoms with E-state index in [1.54, 1.807) is 0 Å². The number of urea groups is 1. The summed E-state index contributed by atoms with van der Waals surface area (Å²) < 4.78 is 0. The van der Waals surface area contributed by atoms with Crippen molar-refractivity contribution in [1.29, 1.82) is 0 Å². The summed E-state index contributed by atoms with van der Waals surface area (Å²) in [6.45, 7) is 8.39. The number of carboxylic acid groups (broad SMARTS) is 1. The molecule has 0 aromatic rings. The van der Waals surface area contributed by atoms with Crippen LogP contribution in [0.4, 0.5) is 4.79 Å². The molecule has 2 amide bonds. The first-order valence-corrected chi connectivity index (χ1v) is 5.59. The van der Waals surface area contributed by atoms with Crippen LogP contribution in [-0.2, 0) is 4.79 Å². The Morgan fingerprint density at radius 3 is 1.94 bits per heavy atom. The zero-order valence-corrected chi connectivity index (χ0v) is 10.4. The number of rotatable bonds is 6. The summed E-state index contributed by atoms with van der Waals surface area (Å²) in [5.41, 5.74) is 0. The highest BCUT2D eigenvalue weighted by Crippen LogP contribution is 2.09. The highest BCUT2D eigenvalue weighted by molar-refractivity contribution is 5.75. The summed E-state index contributed by atoms with van der Waals surface area (Å²) >= 11 is 0. The highest BCUT2D eigenvalue weighted by atomic mass is 16.4. The quantitative estimate of drug-likeness (QED) is 0.643. The van der Waals surface area contributed by atoms with E-state index in [0.29, 0.717) is 12.5 Å². The monoisotopic (exact) mass is 230 g/mol. The van der Waals surface area contributed by atoms with Gasteiger partial charge in [-0.1, -0.05) is 27.7 Å². The zero-order chi connectivity index (χ0) is 12.7. The van der Waals surface area contributed by atoms with Crippen LogP contribution in [-0.4, -0.2) is 30.2 Å². The van der Waals surface area contributed by atoms with Crippen molar-refractivity contribution >= 4 is 12.0 Å². The Balaban J connectivity index is 3.93. The molecular weight excluding hydrogens is 208 g/mol. The molecule has 3 N–H and O–H groups in total. The maximum absolute atomic E-state index is 11.3. The Morgan fingerprint density at radius 2 is 1.56 bits per heavy atom. The molecule has 0 heterocycles. The van der Waals surface area contributed by atoms with Crippen LogP contribution in [0.5, 0.6) is 0 Å². The number of nitrogens with one attached hydrogen (secondary N) is 2. The summed E-state index contributed by atoms with van der Waals surface area (Å²) in [5, 5.41) is 14.1. The molecule has 1 unspecified atom stereocenters. The number of aliphatic carboxylic acids is 1. The van der Waals surface area contributed by atoms with Gasteiger partial charge in [0.2, 0.25) is 0 Å². The maximum atomic E-state index is 11.3. The van der Waals surface area contributed by atoms with E-state index in [0.717, 1.165) is 0 Å². The van der Waals surface area contributed by atoms with Gasteiger partial charge in [-0.15, -0.1) is 0 Å². The molecule has 0 spiro atoms. The van der Waals surface area contributed by atoms with Crippen molar-refractivity contribution in [3.05, 3.63) is 0 Å². The Kier molecular flexibility index (Phi) is 6.53. The van der Waals surface area contributed by atoms with Crippen molar-refractivity contribution in [3.63, 3.8) is 0 Å². The van der Waals surface area contributed by atoms with E-state index in [9.17, 15) is 9.59 Å². The Morgan fingerprint density at radius 1 is 1.06 bits per heavy atom. The van der Waals surface area contributed by atoms with Gasteiger partial charge in [0.25, 0.3) is 0 Å². The Bertz CT molecular complexity index is 239. The first kappa shape index (κ1) is 14.7. The number of hydrogen-bond donors (Lipinski definition) is 3. The fraction of sp³-hybridized carbons (Fsp3) is 0.818. The van der Waals surface area contributed by atoms with Crippen LogP contribution in [0.1, 0.15) is 27.7 Å². The van der Waals surface area contributed by atoms with Gasteiger partial charge in [-0.2, -0.15) is 0 Å². The number of carboxylic acids is 1. The molecule has 0 rings (SSSR count). The molecule has 0 aliphatic carbocycles. The first-order valence-electron chi connectivity index (χ1n) is 5.59. The third-order valence-corrected chi connectivity index (χ3v) is 2.28. The average molecular weight is 230 g/mol. The van der Waals surface area contributed by atoms with E-state index in [-0.39, 0.29) is 18.5 Å². The minimum absolute atomic E-state index is 0.00268. The van der Waals surface area contributed by atoms with Crippen LogP contribution in [0.15, 0.2) is 0 Å². The van der Waals surface area contributed by atoms with Gasteiger partial charge < -0.3 is 15.7 Å². The lowest BCUT2D eigenvalue weighted by Crippen LogP contribution is -2.42. The fourth-order valence-electron chi connectivity index (χ4n) is 1.17. The highest BCUT2D eigenvalue weighted by Gasteiger charge is 2.21. The van der Waals surface area contributed by atoms with Gasteiger partial charge in [0.05, 0.1) is 5.92 Å². The van der Waals surface area contributed by atoms with Crippen LogP contribution in [0.25, 0.3) is 0 Å². The van der Waals surface area contributed by atoms with Crippen molar-refractivity contribution in [3.8, 4) is 0 Å². The van der Waals surface area contributed by atoms with E-state index in [2.05, 4.69) is 10.6 Å². The van der Waals surface area contributed by atoms with E-state index < -0.39 is 11.9 Å². The standard InChI is InChI=1S/C11H22N2O3/c1-7(2)5-12-11(16)13-6-9(8(3)4)10(14)15/h7-9H,5-6H2,1-4H3,(H,14,15)(H2,12,13,16). The summed E-state index contributed by atoms with van der Waals surface area (Å²) in [6.07, 6.45) is 0. The minimum atomic E-state index is -0.876. The van der Waals surface area contributed by atoms with Crippen molar-refractivity contribution in [2.24, 2.45) is 17.8 Å². The van der Waals surface area contributed by atoms with Crippen LogP contribution < -0.4 is 10.6 Å². The molecule has 0 aromatic carbocycles. The molecule has 0 saturated carbocycles. The molecule has 1 atom stereocenters. The van der Waals surface area contributed by atoms with Gasteiger partial charge in [0.1, 0.15) is 0 Å². The van der Waals surface area contributed by atoms with Crippen LogP contribution >= 0.6 is 0 Å². The normalized spacial score (nSPS) is 12.6. The molecule has 0 aromatic heterocycles. The summed E-state index contributed by atoms with van der Waals surface area (Å²) in [4.78, 5) is 22.1. The number of hydrogen-bond acceptors (Lipinski definition) is 2. The fourth-order valence-corrected chi connectivity index (χ4v) is 1.17. The Hall–Kier alpha value is -1.26. The van der Waals surface area contributed by atoms with E-state index in [4.69, 9.17) is 5.11 Å². The zero-order valence-electron chi connectivity index (χ0n) is 10.4. The molecule has 0 saturated heterocycles. The smallest absolute Gasteiger partial charge is 0.314 e. The van der Waals surface area contributed by atoms with E-state index in [1.165, 1.54) is 0 Å². The molecule has 0 aliphatic heterocycles. The Labute approximate surface area is 96.6 Å². The lowest BCUT2D eigenvalue weighted by molar-refractivity contribution is -0.142. The first-order chi connectivity index (χ1) is 7.34. The van der Waals surface area contributed by atoms with E-state index in [1.807, 2.05) is 27.7 Å². The molecule has 5 nitrogen and oxygen atoms in total. The largest absolute Gasteiger partial charge is 0.481 e. The van der Waals surface area contributed by atoms with Crippen molar-refractivity contribution in [1.82, 2.24) is 10.6 Å². The molecule has 0 fully saturated rings. The lowest BCUT2D eigenvalue weighted by atomic mass is 9.96. The van der Waals surface area contributed by atoms with Crippen molar-refractivity contribution < 1.29 is 14.7 Å². The van der Waals surface area contributed by atoms with Gasteiger partial charge in [0, 0.05) is 13.1 Å². The van der Waals surface area contributed by atoms with Gasteiger partial charge >= 0.3 is 12.0 Å². The molecule has 16 heavy (non-hydrogen) atoms. The SMILES string of the molecule is CC(C)CNC(=O)NCC(C(=O)O)C(C)C. The topological polar surface area (TPSA) is 78.4 Å². The van der Waals surface area contributed by atoms with Gasteiger partial charge in [-0.3, -0.25) is 4.79 Å². The third kappa shape index (κ3) is 6.27. The average Bonchev–Trinajstić information content (AvgIpc) is 2.13. The van der Waals surface area contributed by atoms with Crippen LogP contribution in [0.3, 0.4) is 0 Å².